The highest BCUT2D eigenvalue weighted by Crippen LogP contribution is 2.21. The van der Waals surface area contributed by atoms with Gasteiger partial charge in [0.25, 0.3) is 5.91 Å². The molecule has 0 aromatic carbocycles. The van der Waals surface area contributed by atoms with Crippen LogP contribution in [-0.2, 0) is 0 Å². The van der Waals surface area contributed by atoms with Crippen molar-refractivity contribution >= 4 is 29.0 Å². The molecule has 1 amide bonds. The van der Waals surface area contributed by atoms with Gasteiger partial charge in [-0.15, -0.1) is 0 Å². The SMILES string of the molecule is N#Cc1c(Cl)nsc1C(N)=O. The molecule has 0 spiro atoms. The predicted octanol–water partition coefficient (Wildman–Crippen LogP) is 0.767. The molecule has 0 bridgehead atoms. The van der Waals surface area contributed by atoms with Gasteiger partial charge in [-0.05, 0) is 11.5 Å². The Hall–Kier alpha value is -1.12. The Morgan fingerprint density at radius 1 is 1.82 bits per heavy atom. The third kappa shape index (κ3) is 1.31. The maximum atomic E-state index is 10.6. The second kappa shape index (κ2) is 2.86. The molecule has 2 N–H and O–H groups in total. The Kier molecular flexibility index (Phi) is 2.08. The van der Waals surface area contributed by atoms with Crippen LogP contribution in [-0.4, -0.2) is 10.3 Å². The summed E-state index contributed by atoms with van der Waals surface area (Å²) in [5.41, 5.74) is 4.98. The molecule has 1 aromatic heterocycles. The second-order valence-corrected chi connectivity index (χ2v) is 2.78. The minimum atomic E-state index is -0.675. The predicted molar refractivity (Wildman–Crippen MR) is 40.4 cm³/mol. The summed E-state index contributed by atoms with van der Waals surface area (Å²) in [4.78, 5) is 10.7. The van der Waals surface area contributed by atoms with E-state index in [1.165, 1.54) is 0 Å². The molecule has 56 valence electrons. The maximum absolute atomic E-state index is 10.6. The van der Waals surface area contributed by atoms with Gasteiger partial charge in [0, 0.05) is 0 Å². The van der Waals surface area contributed by atoms with Crippen molar-refractivity contribution in [3.05, 3.63) is 15.6 Å². The highest BCUT2D eigenvalue weighted by atomic mass is 35.5. The van der Waals surface area contributed by atoms with Crippen LogP contribution in [0.1, 0.15) is 15.2 Å². The summed E-state index contributed by atoms with van der Waals surface area (Å²) >= 11 is 6.29. The van der Waals surface area contributed by atoms with Crippen LogP contribution in [0, 0.1) is 11.3 Å². The zero-order valence-electron chi connectivity index (χ0n) is 5.17. The molecule has 0 unspecified atom stereocenters. The van der Waals surface area contributed by atoms with E-state index in [2.05, 4.69) is 4.37 Å². The van der Waals surface area contributed by atoms with Gasteiger partial charge in [-0.3, -0.25) is 4.79 Å². The lowest BCUT2D eigenvalue weighted by atomic mass is 10.3. The molecule has 0 fully saturated rings. The number of nitriles is 1. The number of aromatic nitrogens is 1. The fraction of sp³-hybridized carbons (Fsp3) is 0. The van der Waals surface area contributed by atoms with Crippen LogP contribution >= 0.6 is 23.1 Å². The zero-order chi connectivity index (χ0) is 8.43. The topological polar surface area (TPSA) is 79.8 Å². The summed E-state index contributed by atoms with van der Waals surface area (Å²) in [6.07, 6.45) is 0. The van der Waals surface area contributed by atoms with Crippen molar-refractivity contribution in [2.45, 2.75) is 0 Å². The number of hydrogen-bond donors (Lipinski definition) is 1. The van der Waals surface area contributed by atoms with Gasteiger partial charge < -0.3 is 5.73 Å². The molecular weight excluding hydrogens is 186 g/mol. The van der Waals surface area contributed by atoms with E-state index in [1.54, 1.807) is 6.07 Å². The fourth-order valence-corrected chi connectivity index (χ4v) is 1.42. The van der Waals surface area contributed by atoms with Gasteiger partial charge in [0.05, 0.1) is 0 Å². The summed E-state index contributed by atoms with van der Waals surface area (Å²) in [7, 11) is 0. The molecule has 0 saturated carbocycles. The number of rotatable bonds is 1. The molecular formula is C5H2ClN3OS. The lowest BCUT2D eigenvalue weighted by molar-refractivity contribution is 0.100. The van der Waals surface area contributed by atoms with E-state index in [-0.39, 0.29) is 15.6 Å². The van der Waals surface area contributed by atoms with Gasteiger partial charge in [-0.25, -0.2) is 0 Å². The van der Waals surface area contributed by atoms with Gasteiger partial charge in [0.15, 0.2) is 5.15 Å². The summed E-state index contributed by atoms with van der Waals surface area (Å²) in [6.45, 7) is 0. The third-order valence-electron chi connectivity index (χ3n) is 0.986. The Labute approximate surface area is 71.4 Å². The molecule has 0 aliphatic rings. The quantitative estimate of drug-likeness (QED) is 0.705. The van der Waals surface area contributed by atoms with Gasteiger partial charge in [0.1, 0.15) is 16.5 Å². The van der Waals surface area contributed by atoms with Crippen LogP contribution in [0.4, 0.5) is 0 Å². The van der Waals surface area contributed by atoms with E-state index < -0.39 is 5.91 Å². The van der Waals surface area contributed by atoms with Crippen molar-refractivity contribution in [1.82, 2.24) is 4.37 Å². The van der Waals surface area contributed by atoms with E-state index in [0.29, 0.717) is 0 Å². The first-order chi connectivity index (χ1) is 5.16. The number of hydrogen-bond acceptors (Lipinski definition) is 4. The van der Waals surface area contributed by atoms with Gasteiger partial charge in [-0.1, -0.05) is 11.6 Å². The first-order valence-corrected chi connectivity index (χ1v) is 3.67. The molecule has 4 nitrogen and oxygen atoms in total. The highest BCUT2D eigenvalue weighted by Gasteiger charge is 2.15. The van der Waals surface area contributed by atoms with Crippen LogP contribution in [0.3, 0.4) is 0 Å². The highest BCUT2D eigenvalue weighted by molar-refractivity contribution is 7.08. The normalized spacial score (nSPS) is 9.09. The molecule has 1 aromatic rings. The van der Waals surface area contributed by atoms with E-state index in [4.69, 9.17) is 22.6 Å². The van der Waals surface area contributed by atoms with Gasteiger partial charge in [0.2, 0.25) is 0 Å². The van der Waals surface area contributed by atoms with Crippen molar-refractivity contribution in [3.8, 4) is 6.07 Å². The largest absolute Gasteiger partial charge is 0.365 e. The van der Waals surface area contributed by atoms with E-state index in [9.17, 15) is 4.79 Å². The number of primary amides is 1. The Morgan fingerprint density at radius 3 is 2.82 bits per heavy atom. The molecule has 6 heteroatoms. The number of halogens is 1. The third-order valence-corrected chi connectivity index (χ3v) is 2.22. The van der Waals surface area contributed by atoms with Crippen LogP contribution in [0.25, 0.3) is 0 Å². The van der Waals surface area contributed by atoms with Crippen molar-refractivity contribution in [3.63, 3.8) is 0 Å². The zero-order valence-corrected chi connectivity index (χ0v) is 6.74. The average Bonchev–Trinajstić information content (AvgIpc) is 2.30. The standard InChI is InChI=1S/C5H2ClN3OS/c6-4-2(1-7)3(5(8)10)11-9-4/h(H2,8,10). The molecule has 0 atom stereocenters. The van der Waals surface area contributed by atoms with Crippen LogP contribution in [0.5, 0.6) is 0 Å². The molecule has 0 saturated heterocycles. The molecule has 0 aliphatic carbocycles. The Balaban J connectivity index is 3.30. The van der Waals surface area contributed by atoms with Crippen molar-refractivity contribution in [1.29, 1.82) is 5.26 Å². The van der Waals surface area contributed by atoms with Gasteiger partial charge >= 0.3 is 0 Å². The average molecular weight is 188 g/mol. The maximum Gasteiger partial charge on any atom is 0.261 e. The van der Waals surface area contributed by atoms with E-state index >= 15 is 0 Å². The number of nitrogens with zero attached hydrogens (tertiary/aromatic N) is 2. The van der Waals surface area contributed by atoms with E-state index in [1.807, 2.05) is 0 Å². The first-order valence-electron chi connectivity index (χ1n) is 2.52. The van der Waals surface area contributed by atoms with Crippen molar-refractivity contribution < 1.29 is 4.79 Å². The van der Waals surface area contributed by atoms with Crippen molar-refractivity contribution in [2.75, 3.05) is 0 Å². The van der Waals surface area contributed by atoms with Crippen molar-refractivity contribution in [2.24, 2.45) is 5.73 Å². The molecule has 0 aliphatic heterocycles. The monoisotopic (exact) mass is 187 g/mol. The Bertz CT molecular complexity index is 340. The number of nitrogens with two attached hydrogens (primary N) is 1. The summed E-state index contributed by atoms with van der Waals surface area (Å²) in [5, 5.41) is 8.50. The Morgan fingerprint density at radius 2 is 2.45 bits per heavy atom. The van der Waals surface area contributed by atoms with Gasteiger partial charge in [-0.2, -0.15) is 9.64 Å². The first kappa shape index (κ1) is 7.98. The molecule has 1 rings (SSSR count). The molecule has 0 radical (unpaired) electrons. The summed E-state index contributed by atoms with van der Waals surface area (Å²) < 4.78 is 3.59. The lowest BCUT2D eigenvalue weighted by Gasteiger charge is -1.85. The molecule has 11 heavy (non-hydrogen) atoms. The fourth-order valence-electron chi connectivity index (χ4n) is 0.536. The number of carbonyl (C=O) groups excluding carboxylic acids is 1. The number of carbonyl (C=O) groups is 1. The minimum Gasteiger partial charge on any atom is -0.365 e. The lowest BCUT2D eigenvalue weighted by Crippen LogP contribution is -2.10. The molecule has 1 heterocycles. The summed E-state index contributed by atoms with van der Waals surface area (Å²) in [6, 6.07) is 1.74. The van der Waals surface area contributed by atoms with E-state index in [0.717, 1.165) is 11.5 Å². The van der Waals surface area contributed by atoms with Crippen LogP contribution in [0.2, 0.25) is 5.15 Å². The summed E-state index contributed by atoms with van der Waals surface area (Å²) in [5.74, 6) is -0.675. The smallest absolute Gasteiger partial charge is 0.261 e. The van der Waals surface area contributed by atoms with Crippen LogP contribution in [0.15, 0.2) is 0 Å². The number of amides is 1. The second-order valence-electron chi connectivity index (χ2n) is 1.65. The van der Waals surface area contributed by atoms with Crippen LogP contribution < -0.4 is 5.73 Å². The minimum absolute atomic E-state index is 0.0336.